The lowest BCUT2D eigenvalue weighted by Crippen LogP contribution is -2.35. The number of nitro groups is 1. The molecule has 0 atom stereocenters. The van der Waals surface area contributed by atoms with Crippen molar-refractivity contribution in [2.45, 2.75) is 0 Å². The van der Waals surface area contributed by atoms with Gasteiger partial charge in [0.2, 0.25) is 5.75 Å². The van der Waals surface area contributed by atoms with Crippen LogP contribution >= 0.6 is 11.6 Å². The fourth-order valence-corrected chi connectivity index (χ4v) is 2.53. The van der Waals surface area contributed by atoms with Crippen LogP contribution in [0, 0.1) is 10.1 Å². The van der Waals surface area contributed by atoms with Crippen molar-refractivity contribution in [2.24, 2.45) is 0 Å². The van der Waals surface area contributed by atoms with Gasteiger partial charge in [-0.25, -0.2) is 5.01 Å². The van der Waals surface area contributed by atoms with E-state index in [1.54, 1.807) is 30.3 Å². The predicted octanol–water partition coefficient (Wildman–Crippen LogP) is 2.42. The number of nitro benzene ring substituents is 1. The van der Waals surface area contributed by atoms with Crippen molar-refractivity contribution < 1.29 is 19.6 Å². The molecule has 2 aromatic rings. The van der Waals surface area contributed by atoms with E-state index >= 15 is 0 Å². The second kappa shape index (κ2) is 6.25. The third kappa shape index (κ3) is 3.02. The number of nitrogens with zero attached hydrogens (tertiary/aromatic N) is 2. The Bertz CT molecular complexity index is 927. The molecule has 2 aromatic carbocycles. The maximum atomic E-state index is 12.4. The molecule has 1 aliphatic heterocycles. The Kier molecular flexibility index (Phi) is 4.12. The van der Waals surface area contributed by atoms with E-state index in [1.807, 2.05) is 0 Å². The van der Waals surface area contributed by atoms with Crippen LogP contribution in [0.1, 0.15) is 5.56 Å². The normalized spacial score (nSPS) is 15.6. The highest BCUT2D eigenvalue weighted by atomic mass is 35.5. The first-order valence-electron chi connectivity index (χ1n) is 6.97. The second-order valence-corrected chi connectivity index (χ2v) is 5.51. The molecule has 1 fully saturated rings. The zero-order valence-corrected chi connectivity index (χ0v) is 13.2. The molecule has 1 saturated heterocycles. The number of hydrogen-bond donors (Lipinski definition) is 2. The molecule has 0 bridgehead atoms. The first-order valence-corrected chi connectivity index (χ1v) is 7.35. The number of rotatable bonds is 3. The Labute approximate surface area is 146 Å². The molecule has 0 aliphatic carbocycles. The number of halogens is 1. The highest BCUT2D eigenvalue weighted by molar-refractivity contribution is 6.33. The monoisotopic (exact) mass is 359 g/mol. The van der Waals surface area contributed by atoms with E-state index in [-0.39, 0.29) is 16.2 Å². The van der Waals surface area contributed by atoms with Crippen LogP contribution in [0.2, 0.25) is 5.02 Å². The summed E-state index contributed by atoms with van der Waals surface area (Å²) >= 11 is 5.77. The van der Waals surface area contributed by atoms with Crippen molar-refractivity contribution in [3.63, 3.8) is 0 Å². The average molecular weight is 360 g/mol. The smallest absolute Gasteiger partial charge is 0.312 e. The van der Waals surface area contributed by atoms with E-state index < -0.39 is 28.2 Å². The summed E-state index contributed by atoms with van der Waals surface area (Å²) in [7, 11) is 0. The molecule has 2 amide bonds. The fourth-order valence-electron chi connectivity index (χ4n) is 2.31. The Morgan fingerprint density at radius 1 is 1.20 bits per heavy atom. The van der Waals surface area contributed by atoms with Crippen LogP contribution in [0.15, 0.2) is 48.0 Å². The molecule has 3 rings (SSSR count). The van der Waals surface area contributed by atoms with Crippen molar-refractivity contribution in [3.05, 3.63) is 68.7 Å². The fraction of sp³-hybridized carbons (Fsp3) is 0. The molecule has 0 saturated carbocycles. The van der Waals surface area contributed by atoms with Gasteiger partial charge < -0.3 is 5.11 Å². The first-order chi connectivity index (χ1) is 11.9. The van der Waals surface area contributed by atoms with E-state index in [0.29, 0.717) is 5.69 Å². The van der Waals surface area contributed by atoms with Crippen LogP contribution in [0.3, 0.4) is 0 Å². The highest BCUT2D eigenvalue weighted by Crippen LogP contribution is 2.35. The number of benzene rings is 2. The highest BCUT2D eigenvalue weighted by Gasteiger charge is 2.34. The molecule has 0 radical (unpaired) electrons. The number of para-hydroxylation sites is 1. The van der Waals surface area contributed by atoms with Gasteiger partial charge in [0, 0.05) is 6.07 Å². The number of carbonyl (C=O) groups excluding carboxylic acids is 2. The topological polar surface area (TPSA) is 113 Å². The number of phenolic OH excluding ortho intramolecular Hbond substituents is 1. The summed E-state index contributed by atoms with van der Waals surface area (Å²) in [4.78, 5) is 34.7. The van der Waals surface area contributed by atoms with Gasteiger partial charge in [0.05, 0.1) is 15.6 Å². The number of carbonyl (C=O) groups is 2. The molecule has 0 aromatic heterocycles. The summed E-state index contributed by atoms with van der Waals surface area (Å²) in [6.45, 7) is 0. The molecule has 0 unspecified atom stereocenters. The standard InChI is InChI=1S/C16H10ClN3O5/c17-12-7-9(8-13(14(12)21)20(24)25)6-11-15(22)18-19(16(11)23)10-4-2-1-3-5-10/h1-8,21H,(H,18,22). The molecule has 1 aliphatic rings. The maximum absolute atomic E-state index is 12.4. The Morgan fingerprint density at radius 3 is 2.52 bits per heavy atom. The van der Waals surface area contributed by atoms with Crippen LogP contribution in [-0.2, 0) is 9.59 Å². The minimum Gasteiger partial charge on any atom is -0.501 e. The zero-order chi connectivity index (χ0) is 18.1. The summed E-state index contributed by atoms with van der Waals surface area (Å²) in [6, 6.07) is 10.7. The minimum absolute atomic E-state index is 0.142. The Hall–Kier alpha value is -3.39. The predicted molar refractivity (Wildman–Crippen MR) is 89.8 cm³/mol. The third-order valence-electron chi connectivity index (χ3n) is 3.48. The summed E-state index contributed by atoms with van der Waals surface area (Å²) in [6.07, 6.45) is 1.18. The minimum atomic E-state index is -0.809. The van der Waals surface area contributed by atoms with Gasteiger partial charge in [-0.2, -0.15) is 0 Å². The van der Waals surface area contributed by atoms with E-state index in [0.717, 1.165) is 11.1 Å². The number of nitrogens with one attached hydrogen (secondary N) is 1. The van der Waals surface area contributed by atoms with E-state index in [2.05, 4.69) is 5.43 Å². The first kappa shape index (κ1) is 16.5. The Morgan fingerprint density at radius 2 is 1.88 bits per heavy atom. The van der Waals surface area contributed by atoms with Gasteiger partial charge in [0.15, 0.2) is 0 Å². The summed E-state index contributed by atoms with van der Waals surface area (Å²) in [5.74, 6) is -1.94. The van der Waals surface area contributed by atoms with Gasteiger partial charge in [-0.3, -0.25) is 25.1 Å². The van der Waals surface area contributed by atoms with Crippen LogP contribution in [-0.4, -0.2) is 21.8 Å². The van der Waals surface area contributed by atoms with Gasteiger partial charge >= 0.3 is 5.69 Å². The summed E-state index contributed by atoms with van der Waals surface area (Å²) < 4.78 is 0. The number of phenols is 1. The molecule has 8 nitrogen and oxygen atoms in total. The van der Waals surface area contributed by atoms with Crippen LogP contribution in [0.4, 0.5) is 11.4 Å². The lowest BCUT2D eigenvalue weighted by Gasteiger charge is -2.13. The largest absolute Gasteiger partial charge is 0.501 e. The van der Waals surface area contributed by atoms with Gasteiger partial charge in [0.1, 0.15) is 5.57 Å². The number of hydrogen-bond acceptors (Lipinski definition) is 5. The average Bonchev–Trinajstić information content (AvgIpc) is 2.86. The maximum Gasteiger partial charge on any atom is 0.312 e. The zero-order valence-electron chi connectivity index (χ0n) is 12.5. The van der Waals surface area contributed by atoms with Crippen LogP contribution in [0.25, 0.3) is 6.08 Å². The summed E-state index contributed by atoms with van der Waals surface area (Å²) in [5, 5.41) is 21.4. The molecule has 25 heavy (non-hydrogen) atoms. The lowest BCUT2D eigenvalue weighted by molar-refractivity contribution is -0.385. The van der Waals surface area contributed by atoms with E-state index in [1.165, 1.54) is 12.1 Å². The number of aromatic hydroxyl groups is 1. The van der Waals surface area contributed by atoms with Crippen molar-refractivity contribution in [2.75, 3.05) is 5.01 Å². The molecule has 2 N–H and O–H groups in total. The second-order valence-electron chi connectivity index (χ2n) is 5.10. The van der Waals surface area contributed by atoms with Gasteiger partial charge in [-0.05, 0) is 29.8 Å². The summed E-state index contributed by atoms with van der Waals surface area (Å²) in [5.41, 5.74) is 2.20. The van der Waals surface area contributed by atoms with Crippen molar-refractivity contribution >= 4 is 40.9 Å². The van der Waals surface area contributed by atoms with Gasteiger partial charge in [-0.15, -0.1) is 0 Å². The van der Waals surface area contributed by atoms with E-state index in [9.17, 15) is 24.8 Å². The van der Waals surface area contributed by atoms with Gasteiger partial charge in [-0.1, -0.05) is 29.8 Å². The van der Waals surface area contributed by atoms with Crippen LogP contribution in [0.5, 0.6) is 5.75 Å². The SMILES string of the molecule is O=C1NN(c2ccccc2)C(=O)C1=Cc1cc(Cl)c(O)c([N+](=O)[O-])c1. The van der Waals surface area contributed by atoms with Crippen molar-refractivity contribution in [1.82, 2.24) is 5.43 Å². The molecule has 126 valence electrons. The molecule has 9 heteroatoms. The molecular weight excluding hydrogens is 350 g/mol. The van der Waals surface area contributed by atoms with Crippen molar-refractivity contribution in [1.29, 1.82) is 0 Å². The molecule has 1 heterocycles. The van der Waals surface area contributed by atoms with E-state index in [4.69, 9.17) is 11.6 Å². The number of anilines is 1. The molecular formula is C16H10ClN3O5. The molecule has 0 spiro atoms. The Balaban J connectivity index is 2.01. The number of hydrazine groups is 1. The quantitative estimate of drug-likeness (QED) is 0.378. The third-order valence-corrected chi connectivity index (χ3v) is 3.77. The van der Waals surface area contributed by atoms with Crippen molar-refractivity contribution in [3.8, 4) is 5.75 Å². The van der Waals surface area contributed by atoms with Crippen LogP contribution < -0.4 is 10.4 Å². The van der Waals surface area contributed by atoms with Gasteiger partial charge in [0.25, 0.3) is 11.8 Å². The number of amides is 2. The lowest BCUT2D eigenvalue weighted by atomic mass is 10.1.